The van der Waals surface area contributed by atoms with Gasteiger partial charge in [0.1, 0.15) is 0 Å². The summed E-state index contributed by atoms with van der Waals surface area (Å²) in [6.45, 7) is 4.16. The topological polar surface area (TPSA) is 72.2 Å². The van der Waals surface area contributed by atoms with E-state index in [0.717, 1.165) is 38.1 Å². The van der Waals surface area contributed by atoms with Gasteiger partial charge in [0.25, 0.3) is 5.69 Å². The molecule has 0 saturated heterocycles. The van der Waals surface area contributed by atoms with E-state index in [1.165, 1.54) is 12.1 Å². The number of benzene rings is 3. The largest absolute Gasteiger partial charge is 0.358 e. The summed E-state index contributed by atoms with van der Waals surface area (Å²) in [6.07, 6.45) is 4.63. The fourth-order valence-electron chi connectivity index (χ4n) is 4.97. The second-order valence-corrected chi connectivity index (χ2v) is 11.3. The second kappa shape index (κ2) is 9.77. The SMILES string of the molecule is CC1(C)CC2=C(C(=O)/C1=C\c1ccc(Cl)cc1)C(c1ccc([N+](=O)[O-])cc1)C=C(c1ccc(Br)cc1)N2. The number of non-ortho nitro benzene ring substituents is 1. The van der Waals surface area contributed by atoms with E-state index in [1.54, 1.807) is 12.1 Å². The second-order valence-electron chi connectivity index (χ2n) is 9.93. The predicted molar refractivity (Wildman–Crippen MR) is 151 cm³/mol. The van der Waals surface area contributed by atoms with Crippen LogP contribution in [0.25, 0.3) is 11.8 Å². The Morgan fingerprint density at radius 2 is 1.68 bits per heavy atom. The van der Waals surface area contributed by atoms with Crippen LogP contribution >= 0.6 is 27.5 Å². The van der Waals surface area contributed by atoms with Crippen molar-refractivity contribution < 1.29 is 9.72 Å². The van der Waals surface area contributed by atoms with E-state index in [9.17, 15) is 14.9 Å². The first-order valence-corrected chi connectivity index (χ1v) is 13.0. The van der Waals surface area contributed by atoms with Crippen LogP contribution in [0.1, 0.15) is 42.9 Å². The molecule has 5 rings (SSSR count). The first-order chi connectivity index (χ1) is 17.6. The Bertz CT molecular complexity index is 1490. The van der Waals surface area contributed by atoms with Gasteiger partial charge in [-0.05, 0) is 64.9 Å². The highest BCUT2D eigenvalue weighted by molar-refractivity contribution is 9.10. The van der Waals surface area contributed by atoms with E-state index in [4.69, 9.17) is 11.6 Å². The van der Waals surface area contributed by atoms with Crippen molar-refractivity contribution in [1.82, 2.24) is 5.32 Å². The van der Waals surface area contributed by atoms with Crippen LogP contribution in [0.2, 0.25) is 5.02 Å². The van der Waals surface area contributed by atoms with E-state index in [0.29, 0.717) is 17.0 Å². The number of rotatable bonds is 4. The number of ketones is 1. The van der Waals surface area contributed by atoms with Crippen molar-refractivity contribution in [2.75, 3.05) is 0 Å². The molecular formula is C30H24BrClN2O3. The van der Waals surface area contributed by atoms with Gasteiger partial charge in [0.05, 0.1) is 4.92 Å². The van der Waals surface area contributed by atoms with Crippen molar-refractivity contribution in [3.05, 3.63) is 132 Å². The molecular weight excluding hydrogens is 552 g/mol. The van der Waals surface area contributed by atoms with E-state index in [-0.39, 0.29) is 17.4 Å². The molecule has 1 unspecified atom stereocenters. The van der Waals surface area contributed by atoms with E-state index < -0.39 is 10.3 Å². The zero-order valence-corrected chi connectivity index (χ0v) is 22.6. The summed E-state index contributed by atoms with van der Waals surface area (Å²) in [6, 6.07) is 21.9. The third-order valence-corrected chi connectivity index (χ3v) is 7.67. The number of dihydropyridines is 1. The Kier molecular flexibility index (Phi) is 6.65. The number of nitrogens with zero attached hydrogens (tertiary/aromatic N) is 1. The van der Waals surface area contributed by atoms with Crippen LogP contribution in [-0.2, 0) is 4.79 Å². The van der Waals surface area contributed by atoms with Crippen molar-refractivity contribution in [3.8, 4) is 0 Å². The number of halogens is 2. The zero-order chi connectivity index (χ0) is 26.3. The monoisotopic (exact) mass is 574 g/mol. The van der Waals surface area contributed by atoms with Gasteiger partial charge >= 0.3 is 0 Å². The van der Waals surface area contributed by atoms with Gasteiger partial charge in [-0.3, -0.25) is 14.9 Å². The Morgan fingerprint density at radius 3 is 2.30 bits per heavy atom. The lowest BCUT2D eigenvalue weighted by molar-refractivity contribution is -0.384. The highest BCUT2D eigenvalue weighted by atomic mass is 79.9. The molecule has 1 aliphatic carbocycles. The fraction of sp³-hybridized carbons (Fsp3) is 0.167. The minimum Gasteiger partial charge on any atom is -0.358 e. The molecule has 0 radical (unpaired) electrons. The molecule has 7 heteroatoms. The van der Waals surface area contributed by atoms with Gasteiger partial charge in [0.2, 0.25) is 0 Å². The number of allylic oxidation sites excluding steroid dienone is 4. The number of carbonyl (C=O) groups is 1. The summed E-state index contributed by atoms with van der Waals surface area (Å²) >= 11 is 9.56. The number of hydrogen-bond acceptors (Lipinski definition) is 4. The molecule has 0 spiro atoms. The van der Waals surface area contributed by atoms with Gasteiger partial charge in [-0.25, -0.2) is 0 Å². The van der Waals surface area contributed by atoms with Crippen LogP contribution in [0, 0.1) is 15.5 Å². The molecule has 1 atom stereocenters. The zero-order valence-electron chi connectivity index (χ0n) is 20.3. The summed E-state index contributed by atoms with van der Waals surface area (Å²) in [5.74, 6) is -0.379. The molecule has 186 valence electrons. The summed E-state index contributed by atoms with van der Waals surface area (Å²) < 4.78 is 0.977. The molecule has 5 nitrogen and oxygen atoms in total. The minimum atomic E-state index is -0.415. The van der Waals surface area contributed by atoms with Gasteiger partial charge in [-0.2, -0.15) is 0 Å². The predicted octanol–water partition coefficient (Wildman–Crippen LogP) is 8.08. The molecule has 0 saturated carbocycles. The third-order valence-electron chi connectivity index (χ3n) is 6.89. The number of nitro benzene ring substituents is 1. The molecule has 2 aliphatic rings. The smallest absolute Gasteiger partial charge is 0.269 e. The van der Waals surface area contributed by atoms with Gasteiger partial charge in [0.15, 0.2) is 5.78 Å². The van der Waals surface area contributed by atoms with Gasteiger partial charge in [-0.1, -0.05) is 77.8 Å². The van der Waals surface area contributed by atoms with Crippen molar-refractivity contribution in [3.63, 3.8) is 0 Å². The fourth-order valence-corrected chi connectivity index (χ4v) is 5.36. The van der Waals surface area contributed by atoms with Crippen LogP contribution in [0.5, 0.6) is 0 Å². The van der Waals surface area contributed by atoms with Crippen molar-refractivity contribution in [2.24, 2.45) is 5.41 Å². The number of hydrogen-bond donors (Lipinski definition) is 1. The lowest BCUT2D eigenvalue weighted by Crippen LogP contribution is -2.37. The van der Waals surface area contributed by atoms with E-state index in [1.807, 2.05) is 60.7 Å². The molecule has 1 N–H and O–H groups in total. The van der Waals surface area contributed by atoms with Crippen molar-refractivity contribution in [1.29, 1.82) is 0 Å². The Morgan fingerprint density at radius 1 is 1.03 bits per heavy atom. The Balaban J connectivity index is 1.63. The van der Waals surface area contributed by atoms with Crippen LogP contribution in [0.15, 0.2) is 100 Å². The quantitative estimate of drug-likeness (QED) is 0.194. The number of nitro groups is 1. The Labute approximate surface area is 228 Å². The maximum absolute atomic E-state index is 14.2. The highest BCUT2D eigenvalue weighted by Crippen LogP contribution is 2.48. The first kappa shape index (κ1) is 25.2. The molecule has 37 heavy (non-hydrogen) atoms. The summed E-state index contributed by atoms with van der Waals surface area (Å²) in [4.78, 5) is 25.0. The molecule has 0 bridgehead atoms. The van der Waals surface area contributed by atoms with E-state index in [2.05, 4.69) is 35.1 Å². The first-order valence-electron chi connectivity index (χ1n) is 11.9. The molecule has 3 aromatic rings. The normalized spacial score (nSPS) is 19.8. The van der Waals surface area contributed by atoms with Crippen molar-refractivity contribution >= 4 is 50.8 Å². The highest BCUT2D eigenvalue weighted by Gasteiger charge is 2.42. The standard InChI is InChI=1S/C30H24BrClN2O3/c1-30(2)17-27-28(29(35)25(30)15-18-3-11-22(32)12-4-18)24(19-7-13-23(14-8-19)34(36)37)16-26(33-27)20-5-9-21(31)10-6-20/h3-16,24,33H,17H2,1-2H3/b25-15+. The maximum Gasteiger partial charge on any atom is 0.269 e. The third kappa shape index (κ3) is 5.04. The van der Waals surface area contributed by atoms with Crippen LogP contribution < -0.4 is 5.32 Å². The van der Waals surface area contributed by atoms with Gasteiger partial charge in [-0.15, -0.1) is 0 Å². The lowest BCUT2D eigenvalue weighted by Gasteiger charge is -2.40. The van der Waals surface area contributed by atoms with E-state index >= 15 is 0 Å². The average molecular weight is 576 g/mol. The number of carbonyl (C=O) groups excluding carboxylic acids is 1. The molecule has 0 amide bonds. The van der Waals surface area contributed by atoms with Crippen molar-refractivity contribution in [2.45, 2.75) is 26.2 Å². The van der Waals surface area contributed by atoms with Gasteiger partial charge < -0.3 is 5.32 Å². The molecule has 0 aromatic heterocycles. The van der Waals surface area contributed by atoms with Gasteiger partial charge in [0, 0.05) is 50.1 Å². The average Bonchev–Trinajstić information content (AvgIpc) is 2.87. The summed E-state index contributed by atoms with van der Waals surface area (Å²) in [5, 5.41) is 15.4. The van der Waals surface area contributed by atoms with Crippen LogP contribution in [0.3, 0.4) is 0 Å². The molecule has 0 fully saturated rings. The molecule has 1 aliphatic heterocycles. The number of nitrogens with one attached hydrogen (secondary N) is 1. The lowest BCUT2D eigenvalue weighted by atomic mass is 9.67. The maximum atomic E-state index is 14.2. The Hall–Kier alpha value is -3.48. The van der Waals surface area contributed by atoms with Crippen LogP contribution in [0.4, 0.5) is 5.69 Å². The molecule has 3 aromatic carbocycles. The molecule has 1 heterocycles. The summed E-state index contributed by atoms with van der Waals surface area (Å²) in [5.41, 5.74) is 5.52. The number of Topliss-reactive ketones (excluding diaryl/α,β-unsaturated/α-hetero) is 1. The van der Waals surface area contributed by atoms with Crippen LogP contribution in [-0.4, -0.2) is 10.7 Å². The minimum absolute atomic E-state index is 0.0171. The summed E-state index contributed by atoms with van der Waals surface area (Å²) in [7, 11) is 0.